The molecule has 0 aliphatic rings. The molecule has 0 bridgehead atoms. The van der Waals surface area contributed by atoms with E-state index in [9.17, 15) is 0 Å². The van der Waals surface area contributed by atoms with E-state index in [0.29, 0.717) is 10.9 Å². The molecule has 3 aromatic rings. The van der Waals surface area contributed by atoms with Crippen LogP contribution in [0, 0.1) is 0 Å². The lowest BCUT2D eigenvalue weighted by atomic mass is 10.0. The maximum Gasteiger partial charge on any atom is 0.221 e. The summed E-state index contributed by atoms with van der Waals surface area (Å²) in [7, 11) is 1.63. The zero-order chi connectivity index (χ0) is 14.7. The third kappa shape index (κ3) is 3.09. The minimum atomic E-state index is 0.607. The number of pyridine rings is 1. The molecule has 0 fully saturated rings. The van der Waals surface area contributed by atoms with Crippen LogP contribution in [0.2, 0.25) is 5.02 Å². The fraction of sp³-hybridized carbons (Fsp3) is 0.118. The molecule has 0 unspecified atom stereocenters. The Kier molecular flexibility index (Phi) is 3.93. The van der Waals surface area contributed by atoms with Crippen LogP contribution in [0.25, 0.3) is 11.1 Å². The van der Waals surface area contributed by atoms with Crippen LogP contribution in [0.3, 0.4) is 0 Å². The summed E-state index contributed by atoms with van der Waals surface area (Å²) in [6.07, 6.45) is 6.58. The first-order valence-electron chi connectivity index (χ1n) is 6.67. The Morgan fingerprint density at radius 3 is 2.81 bits per heavy atom. The molecule has 0 aliphatic carbocycles. The molecule has 1 aromatic carbocycles. The number of hydrogen-bond donors (Lipinski definition) is 1. The van der Waals surface area contributed by atoms with Gasteiger partial charge in [-0.25, -0.2) is 4.98 Å². The number of aromatic amines is 1. The summed E-state index contributed by atoms with van der Waals surface area (Å²) < 4.78 is 5.37. The highest BCUT2D eigenvalue weighted by Gasteiger charge is 2.09. The molecule has 21 heavy (non-hydrogen) atoms. The molecule has 3 rings (SSSR count). The van der Waals surface area contributed by atoms with Crippen molar-refractivity contribution in [2.75, 3.05) is 7.11 Å². The smallest absolute Gasteiger partial charge is 0.221 e. The number of benzene rings is 1. The number of rotatable bonds is 4. The third-order valence-corrected chi connectivity index (χ3v) is 3.54. The first-order valence-corrected chi connectivity index (χ1v) is 7.04. The fourth-order valence-corrected chi connectivity index (χ4v) is 2.51. The quantitative estimate of drug-likeness (QED) is 0.778. The molecule has 0 saturated heterocycles. The highest BCUT2D eigenvalue weighted by Crippen LogP contribution is 2.30. The van der Waals surface area contributed by atoms with Gasteiger partial charge in [0.2, 0.25) is 5.88 Å². The van der Waals surface area contributed by atoms with Gasteiger partial charge in [-0.05, 0) is 41.0 Å². The zero-order valence-corrected chi connectivity index (χ0v) is 12.4. The molecule has 4 heteroatoms. The number of ether oxygens (including phenoxy) is 1. The summed E-state index contributed by atoms with van der Waals surface area (Å²) >= 11 is 6.08. The molecule has 0 aliphatic heterocycles. The Hall–Kier alpha value is -2.26. The minimum absolute atomic E-state index is 0.607. The molecule has 0 saturated carbocycles. The summed E-state index contributed by atoms with van der Waals surface area (Å²) in [5.41, 5.74) is 4.31. The molecule has 3 nitrogen and oxygen atoms in total. The molecular formula is C17H15ClN2O. The Bertz CT molecular complexity index is 738. The second kappa shape index (κ2) is 6.02. The Balaban J connectivity index is 2.01. The fourth-order valence-electron chi connectivity index (χ4n) is 2.32. The van der Waals surface area contributed by atoms with Gasteiger partial charge in [-0.2, -0.15) is 0 Å². The maximum atomic E-state index is 6.08. The van der Waals surface area contributed by atoms with E-state index in [2.05, 4.69) is 22.1 Å². The first kappa shape index (κ1) is 13.7. The highest BCUT2D eigenvalue weighted by molar-refractivity contribution is 6.30. The normalized spacial score (nSPS) is 10.6. The van der Waals surface area contributed by atoms with Gasteiger partial charge in [-0.15, -0.1) is 0 Å². The number of halogens is 1. The average molecular weight is 299 g/mol. The largest absolute Gasteiger partial charge is 0.481 e. The minimum Gasteiger partial charge on any atom is -0.481 e. The molecule has 2 heterocycles. The number of methoxy groups -OCH3 is 1. The summed E-state index contributed by atoms with van der Waals surface area (Å²) in [4.78, 5) is 7.47. The van der Waals surface area contributed by atoms with Crippen molar-refractivity contribution in [2.45, 2.75) is 6.42 Å². The molecule has 1 N–H and O–H groups in total. The van der Waals surface area contributed by atoms with E-state index in [1.54, 1.807) is 7.11 Å². The third-order valence-electron chi connectivity index (χ3n) is 3.31. The monoisotopic (exact) mass is 298 g/mol. The Labute approximate surface area is 128 Å². The number of H-pyrrole nitrogens is 1. The van der Waals surface area contributed by atoms with Gasteiger partial charge in [0.1, 0.15) is 0 Å². The standard InChI is InChI=1S/C17H15ClN2O/c1-21-17-16(14-3-2-4-15(18)9-14)8-13(11-20-17)7-12-5-6-19-10-12/h2-6,8-11,19H,7H2,1H3. The van der Waals surface area contributed by atoms with E-state index in [1.165, 1.54) is 5.56 Å². The van der Waals surface area contributed by atoms with Crippen molar-refractivity contribution in [1.29, 1.82) is 0 Å². The summed E-state index contributed by atoms with van der Waals surface area (Å²) in [5.74, 6) is 0.607. The SMILES string of the molecule is COc1ncc(Cc2cc[nH]c2)cc1-c1cccc(Cl)c1. The molecule has 0 amide bonds. The van der Waals surface area contributed by atoms with Gasteiger partial charge in [0.25, 0.3) is 0 Å². The van der Waals surface area contributed by atoms with E-state index in [0.717, 1.165) is 23.1 Å². The van der Waals surface area contributed by atoms with Crippen LogP contribution < -0.4 is 4.74 Å². The van der Waals surface area contributed by atoms with E-state index < -0.39 is 0 Å². The van der Waals surface area contributed by atoms with E-state index in [-0.39, 0.29) is 0 Å². The lowest BCUT2D eigenvalue weighted by Crippen LogP contribution is -1.95. The van der Waals surface area contributed by atoms with Crippen molar-refractivity contribution in [1.82, 2.24) is 9.97 Å². The van der Waals surface area contributed by atoms with Crippen molar-refractivity contribution >= 4 is 11.6 Å². The van der Waals surface area contributed by atoms with Crippen molar-refractivity contribution in [3.05, 3.63) is 71.1 Å². The van der Waals surface area contributed by atoms with Crippen LogP contribution in [0.4, 0.5) is 0 Å². The number of hydrogen-bond acceptors (Lipinski definition) is 2. The highest BCUT2D eigenvalue weighted by atomic mass is 35.5. The van der Waals surface area contributed by atoms with E-state index in [4.69, 9.17) is 16.3 Å². The van der Waals surface area contributed by atoms with Crippen LogP contribution in [0.5, 0.6) is 5.88 Å². The molecule has 0 atom stereocenters. The van der Waals surface area contributed by atoms with E-state index >= 15 is 0 Å². The maximum absolute atomic E-state index is 6.08. The Morgan fingerprint density at radius 2 is 2.10 bits per heavy atom. The number of aromatic nitrogens is 2. The predicted molar refractivity (Wildman–Crippen MR) is 84.8 cm³/mol. The lowest BCUT2D eigenvalue weighted by Gasteiger charge is -2.10. The molecule has 2 aromatic heterocycles. The van der Waals surface area contributed by atoms with Crippen LogP contribution in [0.15, 0.2) is 55.0 Å². The van der Waals surface area contributed by atoms with Gasteiger partial charge in [-0.1, -0.05) is 23.7 Å². The second-order valence-corrected chi connectivity index (χ2v) is 5.24. The van der Waals surface area contributed by atoms with Crippen molar-refractivity contribution in [3.63, 3.8) is 0 Å². The number of nitrogens with one attached hydrogen (secondary N) is 1. The van der Waals surface area contributed by atoms with Gasteiger partial charge < -0.3 is 9.72 Å². The van der Waals surface area contributed by atoms with Crippen LogP contribution in [0.1, 0.15) is 11.1 Å². The summed E-state index contributed by atoms with van der Waals surface area (Å²) in [5, 5.41) is 0.700. The lowest BCUT2D eigenvalue weighted by molar-refractivity contribution is 0.399. The van der Waals surface area contributed by atoms with Crippen LogP contribution in [-0.2, 0) is 6.42 Å². The van der Waals surface area contributed by atoms with Gasteiger partial charge in [0.15, 0.2) is 0 Å². The first-order chi connectivity index (χ1) is 10.3. The molecular weight excluding hydrogens is 284 g/mol. The van der Waals surface area contributed by atoms with Gasteiger partial charge in [0, 0.05) is 35.6 Å². The second-order valence-electron chi connectivity index (χ2n) is 4.81. The topological polar surface area (TPSA) is 37.9 Å². The summed E-state index contributed by atoms with van der Waals surface area (Å²) in [6.45, 7) is 0. The van der Waals surface area contributed by atoms with Crippen LogP contribution >= 0.6 is 11.6 Å². The van der Waals surface area contributed by atoms with Crippen molar-refractivity contribution in [3.8, 4) is 17.0 Å². The van der Waals surface area contributed by atoms with Gasteiger partial charge in [-0.3, -0.25) is 0 Å². The Morgan fingerprint density at radius 1 is 1.19 bits per heavy atom. The van der Waals surface area contributed by atoms with Gasteiger partial charge in [0.05, 0.1) is 7.11 Å². The van der Waals surface area contributed by atoms with E-state index in [1.807, 2.05) is 42.9 Å². The van der Waals surface area contributed by atoms with Gasteiger partial charge >= 0.3 is 0 Å². The summed E-state index contributed by atoms with van der Waals surface area (Å²) in [6, 6.07) is 11.9. The zero-order valence-electron chi connectivity index (χ0n) is 11.6. The number of nitrogens with zero attached hydrogens (tertiary/aromatic N) is 1. The predicted octanol–water partition coefficient (Wildman–Crippen LogP) is 4.33. The molecule has 106 valence electrons. The molecule has 0 radical (unpaired) electrons. The van der Waals surface area contributed by atoms with Crippen molar-refractivity contribution in [2.24, 2.45) is 0 Å². The van der Waals surface area contributed by atoms with Crippen LogP contribution in [-0.4, -0.2) is 17.1 Å². The average Bonchev–Trinajstić information content (AvgIpc) is 3.00. The van der Waals surface area contributed by atoms with Crippen molar-refractivity contribution < 1.29 is 4.74 Å². The molecule has 0 spiro atoms.